The molecule has 0 bridgehead atoms. The number of aromatic nitrogens is 2. The summed E-state index contributed by atoms with van der Waals surface area (Å²) < 4.78 is 16.0. The van der Waals surface area contributed by atoms with E-state index in [0.29, 0.717) is 28.8 Å². The molecular formula is C15H19N3O3. The molecule has 2 rings (SSSR count). The van der Waals surface area contributed by atoms with Crippen LogP contribution in [0, 0.1) is 0 Å². The van der Waals surface area contributed by atoms with Gasteiger partial charge in [-0.3, -0.25) is 0 Å². The topological polar surface area (TPSA) is 65.5 Å². The Kier molecular flexibility index (Phi) is 4.81. The maximum atomic E-state index is 5.46. The summed E-state index contributed by atoms with van der Waals surface area (Å²) in [5, 5.41) is 3.16. The average molecular weight is 289 g/mol. The first-order chi connectivity index (χ1) is 10.2. The van der Waals surface area contributed by atoms with Gasteiger partial charge in [-0.15, -0.1) is 0 Å². The standard InChI is InChI=1S/C15H19N3O3/c1-5-16-15-14(21-4)13(17-9-18-15)10-6-11(19-2)8-12(7-10)20-3/h6-9H,5H2,1-4H3,(H,16,17,18). The maximum Gasteiger partial charge on any atom is 0.187 e. The van der Waals surface area contributed by atoms with Gasteiger partial charge in [0.2, 0.25) is 0 Å². The summed E-state index contributed by atoms with van der Waals surface area (Å²) in [4.78, 5) is 8.53. The molecule has 0 saturated heterocycles. The number of rotatable bonds is 6. The van der Waals surface area contributed by atoms with E-state index in [2.05, 4.69) is 15.3 Å². The predicted molar refractivity (Wildman–Crippen MR) is 81.3 cm³/mol. The number of nitrogens with zero attached hydrogens (tertiary/aromatic N) is 2. The fourth-order valence-corrected chi connectivity index (χ4v) is 2.01. The first-order valence-corrected chi connectivity index (χ1v) is 6.59. The molecule has 0 amide bonds. The molecule has 0 fully saturated rings. The van der Waals surface area contributed by atoms with Crippen LogP contribution in [-0.2, 0) is 0 Å². The minimum absolute atomic E-state index is 0.592. The van der Waals surface area contributed by atoms with E-state index in [-0.39, 0.29) is 0 Å². The highest BCUT2D eigenvalue weighted by molar-refractivity contribution is 5.74. The highest BCUT2D eigenvalue weighted by Crippen LogP contribution is 2.36. The monoisotopic (exact) mass is 289 g/mol. The van der Waals surface area contributed by atoms with Crippen LogP contribution in [0.25, 0.3) is 11.3 Å². The lowest BCUT2D eigenvalue weighted by molar-refractivity contribution is 0.394. The molecular weight excluding hydrogens is 270 g/mol. The van der Waals surface area contributed by atoms with Crippen LogP contribution in [0.1, 0.15) is 6.92 Å². The van der Waals surface area contributed by atoms with E-state index in [0.717, 1.165) is 12.1 Å². The SMILES string of the molecule is CCNc1ncnc(-c2cc(OC)cc(OC)c2)c1OC. The van der Waals surface area contributed by atoms with Crippen LogP contribution < -0.4 is 19.5 Å². The smallest absolute Gasteiger partial charge is 0.187 e. The Labute approximate surface area is 124 Å². The molecule has 0 radical (unpaired) electrons. The second kappa shape index (κ2) is 6.78. The zero-order chi connectivity index (χ0) is 15.2. The van der Waals surface area contributed by atoms with Crippen molar-refractivity contribution in [3.63, 3.8) is 0 Å². The van der Waals surface area contributed by atoms with Crippen LogP contribution in [0.5, 0.6) is 17.2 Å². The summed E-state index contributed by atoms with van der Waals surface area (Å²) >= 11 is 0. The number of hydrogen-bond acceptors (Lipinski definition) is 6. The summed E-state index contributed by atoms with van der Waals surface area (Å²) in [5.74, 6) is 2.63. The van der Waals surface area contributed by atoms with Gasteiger partial charge in [0.15, 0.2) is 11.6 Å². The Morgan fingerprint density at radius 3 is 2.14 bits per heavy atom. The lowest BCUT2D eigenvalue weighted by Crippen LogP contribution is -2.04. The van der Waals surface area contributed by atoms with E-state index in [9.17, 15) is 0 Å². The van der Waals surface area contributed by atoms with E-state index in [4.69, 9.17) is 14.2 Å². The van der Waals surface area contributed by atoms with E-state index in [1.807, 2.05) is 25.1 Å². The van der Waals surface area contributed by atoms with Gasteiger partial charge in [0, 0.05) is 18.2 Å². The van der Waals surface area contributed by atoms with Gasteiger partial charge in [-0.1, -0.05) is 0 Å². The zero-order valence-corrected chi connectivity index (χ0v) is 12.6. The summed E-state index contributed by atoms with van der Waals surface area (Å²) in [5.41, 5.74) is 1.52. The molecule has 0 atom stereocenters. The van der Waals surface area contributed by atoms with E-state index in [1.54, 1.807) is 21.3 Å². The third kappa shape index (κ3) is 3.16. The molecule has 1 heterocycles. The fraction of sp³-hybridized carbons (Fsp3) is 0.333. The molecule has 0 saturated carbocycles. The lowest BCUT2D eigenvalue weighted by atomic mass is 10.1. The number of nitrogens with one attached hydrogen (secondary N) is 1. The van der Waals surface area contributed by atoms with Gasteiger partial charge in [0.25, 0.3) is 0 Å². The van der Waals surface area contributed by atoms with Gasteiger partial charge in [-0.2, -0.15) is 0 Å². The first-order valence-electron chi connectivity index (χ1n) is 6.59. The second-order valence-corrected chi connectivity index (χ2v) is 4.24. The Bertz CT molecular complexity index is 595. The quantitative estimate of drug-likeness (QED) is 0.881. The van der Waals surface area contributed by atoms with Crippen molar-refractivity contribution in [3.05, 3.63) is 24.5 Å². The van der Waals surface area contributed by atoms with Crippen LogP contribution in [0.2, 0.25) is 0 Å². The largest absolute Gasteiger partial charge is 0.497 e. The molecule has 0 aliphatic heterocycles. The van der Waals surface area contributed by atoms with E-state index in [1.165, 1.54) is 6.33 Å². The van der Waals surface area contributed by atoms with Crippen molar-refractivity contribution in [2.75, 3.05) is 33.2 Å². The molecule has 0 spiro atoms. The second-order valence-electron chi connectivity index (χ2n) is 4.24. The van der Waals surface area contributed by atoms with Gasteiger partial charge >= 0.3 is 0 Å². The van der Waals surface area contributed by atoms with Gasteiger partial charge < -0.3 is 19.5 Å². The van der Waals surface area contributed by atoms with Crippen molar-refractivity contribution < 1.29 is 14.2 Å². The molecule has 1 aromatic carbocycles. The molecule has 2 aromatic rings. The number of ether oxygens (including phenoxy) is 3. The highest BCUT2D eigenvalue weighted by Gasteiger charge is 2.15. The molecule has 21 heavy (non-hydrogen) atoms. The Morgan fingerprint density at radius 1 is 0.952 bits per heavy atom. The minimum atomic E-state index is 0.592. The summed E-state index contributed by atoms with van der Waals surface area (Å²) in [6.07, 6.45) is 1.50. The summed E-state index contributed by atoms with van der Waals surface area (Å²) in [6, 6.07) is 5.56. The van der Waals surface area contributed by atoms with Crippen molar-refractivity contribution in [2.24, 2.45) is 0 Å². The normalized spacial score (nSPS) is 10.1. The van der Waals surface area contributed by atoms with Crippen LogP contribution in [-0.4, -0.2) is 37.8 Å². The third-order valence-electron chi connectivity index (χ3n) is 2.98. The van der Waals surface area contributed by atoms with Gasteiger partial charge in [-0.05, 0) is 19.1 Å². The number of methoxy groups -OCH3 is 3. The molecule has 6 nitrogen and oxygen atoms in total. The maximum absolute atomic E-state index is 5.46. The molecule has 112 valence electrons. The third-order valence-corrected chi connectivity index (χ3v) is 2.98. The van der Waals surface area contributed by atoms with Crippen LogP contribution >= 0.6 is 0 Å². The van der Waals surface area contributed by atoms with Crippen molar-refractivity contribution in [1.82, 2.24) is 9.97 Å². The van der Waals surface area contributed by atoms with E-state index >= 15 is 0 Å². The Morgan fingerprint density at radius 2 is 1.62 bits per heavy atom. The van der Waals surface area contributed by atoms with Crippen molar-refractivity contribution >= 4 is 5.82 Å². The molecule has 0 aliphatic carbocycles. The molecule has 0 unspecified atom stereocenters. The zero-order valence-electron chi connectivity index (χ0n) is 12.6. The summed E-state index contributed by atoms with van der Waals surface area (Å²) in [6.45, 7) is 2.74. The predicted octanol–water partition coefficient (Wildman–Crippen LogP) is 2.60. The van der Waals surface area contributed by atoms with Crippen LogP contribution in [0.4, 0.5) is 5.82 Å². The molecule has 6 heteroatoms. The summed E-state index contributed by atoms with van der Waals surface area (Å²) in [7, 11) is 4.82. The molecule has 1 aromatic heterocycles. The number of hydrogen-bond donors (Lipinski definition) is 1. The van der Waals surface area contributed by atoms with Crippen molar-refractivity contribution in [3.8, 4) is 28.5 Å². The van der Waals surface area contributed by atoms with Gasteiger partial charge in [0.05, 0.1) is 21.3 Å². The van der Waals surface area contributed by atoms with Crippen LogP contribution in [0.3, 0.4) is 0 Å². The molecule has 1 N–H and O–H groups in total. The van der Waals surface area contributed by atoms with Crippen LogP contribution in [0.15, 0.2) is 24.5 Å². The fourth-order valence-electron chi connectivity index (χ4n) is 2.01. The molecule has 0 aliphatic rings. The van der Waals surface area contributed by atoms with Crippen molar-refractivity contribution in [1.29, 1.82) is 0 Å². The highest BCUT2D eigenvalue weighted by atomic mass is 16.5. The van der Waals surface area contributed by atoms with Gasteiger partial charge in [0.1, 0.15) is 23.5 Å². The first kappa shape index (κ1) is 14.9. The number of benzene rings is 1. The average Bonchev–Trinajstić information content (AvgIpc) is 2.54. The lowest BCUT2D eigenvalue weighted by Gasteiger charge is -2.13. The van der Waals surface area contributed by atoms with E-state index < -0.39 is 0 Å². The minimum Gasteiger partial charge on any atom is -0.497 e. The Hall–Kier alpha value is -2.50. The van der Waals surface area contributed by atoms with Gasteiger partial charge in [-0.25, -0.2) is 9.97 Å². The Balaban J connectivity index is 2.57. The van der Waals surface area contributed by atoms with Crippen molar-refractivity contribution in [2.45, 2.75) is 6.92 Å². The number of anilines is 1.